The zero-order valence-electron chi connectivity index (χ0n) is 10.6. The number of nitriles is 1. The van der Waals surface area contributed by atoms with Crippen molar-refractivity contribution in [2.45, 2.75) is 32.6 Å². The number of carbonyl (C=O) groups is 1. The lowest BCUT2D eigenvalue weighted by molar-refractivity contribution is -0.120. The Bertz CT molecular complexity index is 458. The van der Waals surface area contributed by atoms with Gasteiger partial charge in [0, 0.05) is 11.6 Å². The molecule has 0 aromatic heterocycles. The van der Waals surface area contributed by atoms with E-state index in [1.807, 2.05) is 24.3 Å². The minimum atomic E-state index is 0.132. The van der Waals surface area contributed by atoms with Gasteiger partial charge in [-0.1, -0.05) is 25.5 Å². The molecule has 1 N–H and O–H groups in total. The summed E-state index contributed by atoms with van der Waals surface area (Å²) in [4.78, 5) is 12.1. The number of anilines is 1. The number of carbonyl (C=O) groups excluding carboxylic acids is 1. The van der Waals surface area contributed by atoms with E-state index >= 15 is 0 Å². The highest BCUT2D eigenvalue weighted by Crippen LogP contribution is 2.32. The Morgan fingerprint density at radius 2 is 2.11 bits per heavy atom. The first-order valence-electron chi connectivity index (χ1n) is 6.47. The van der Waals surface area contributed by atoms with E-state index in [4.69, 9.17) is 5.26 Å². The summed E-state index contributed by atoms with van der Waals surface area (Å²) in [6, 6.07) is 9.61. The molecule has 0 aliphatic heterocycles. The van der Waals surface area contributed by atoms with Crippen LogP contribution >= 0.6 is 0 Å². The summed E-state index contributed by atoms with van der Waals surface area (Å²) in [5.74, 6) is 0.777. The lowest BCUT2D eigenvalue weighted by atomic mass is 9.97. The van der Waals surface area contributed by atoms with Crippen LogP contribution in [0.3, 0.4) is 0 Å². The second-order valence-electron chi connectivity index (χ2n) is 5.04. The Morgan fingerprint density at radius 3 is 2.67 bits per heavy atom. The Kier molecular flexibility index (Phi) is 3.99. The van der Waals surface area contributed by atoms with Crippen molar-refractivity contribution in [2.24, 2.45) is 11.8 Å². The number of nitrogens with one attached hydrogen (secondary N) is 1. The summed E-state index contributed by atoms with van der Waals surface area (Å²) in [5.41, 5.74) is 1.80. The van der Waals surface area contributed by atoms with Crippen LogP contribution in [0.25, 0.3) is 0 Å². The fourth-order valence-corrected chi connectivity index (χ4v) is 2.57. The normalized spacial score (nSPS) is 22.4. The number of benzene rings is 1. The highest BCUT2D eigenvalue weighted by molar-refractivity contribution is 5.92. The first-order chi connectivity index (χ1) is 8.70. The van der Waals surface area contributed by atoms with Gasteiger partial charge in [-0.2, -0.15) is 5.26 Å². The van der Waals surface area contributed by atoms with Gasteiger partial charge < -0.3 is 5.32 Å². The molecule has 0 spiro atoms. The predicted molar refractivity (Wildman–Crippen MR) is 70.9 cm³/mol. The number of rotatable bonds is 3. The second kappa shape index (κ2) is 5.68. The van der Waals surface area contributed by atoms with Gasteiger partial charge in [0.15, 0.2) is 0 Å². The van der Waals surface area contributed by atoms with Crippen molar-refractivity contribution < 1.29 is 4.79 Å². The maximum absolute atomic E-state index is 12.1. The van der Waals surface area contributed by atoms with Crippen molar-refractivity contribution in [2.75, 3.05) is 5.32 Å². The molecule has 1 amide bonds. The zero-order valence-corrected chi connectivity index (χ0v) is 10.6. The third kappa shape index (κ3) is 2.89. The number of hydrogen-bond acceptors (Lipinski definition) is 2. The molecule has 3 heteroatoms. The smallest absolute Gasteiger partial charge is 0.227 e. The Hall–Kier alpha value is -1.82. The van der Waals surface area contributed by atoms with Gasteiger partial charge in [0.1, 0.15) is 0 Å². The van der Waals surface area contributed by atoms with Gasteiger partial charge in [0.2, 0.25) is 5.91 Å². The quantitative estimate of drug-likeness (QED) is 0.885. The van der Waals surface area contributed by atoms with E-state index in [-0.39, 0.29) is 11.8 Å². The molecule has 18 heavy (non-hydrogen) atoms. The van der Waals surface area contributed by atoms with E-state index in [0.717, 1.165) is 30.5 Å². The van der Waals surface area contributed by atoms with Crippen molar-refractivity contribution >= 4 is 11.6 Å². The lowest BCUT2D eigenvalue weighted by Gasteiger charge is -2.15. The minimum Gasteiger partial charge on any atom is -0.326 e. The largest absolute Gasteiger partial charge is 0.326 e. The second-order valence-corrected chi connectivity index (χ2v) is 5.04. The van der Waals surface area contributed by atoms with Crippen LogP contribution in [0.15, 0.2) is 24.3 Å². The van der Waals surface area contributed by atoms with Crippen LogP contribution in [0.4, 0.5) is 5.69 Å². The van der Waals surface area contributed by atoms with Crippen LogP contribution < -0.4 is 5.32 Å². The van der Waals surface area contributed by atoms with E-state index < -0.39 is 0 Å². The van der Waals surface area contributed by atoms with E-state index in [2.05, 4.69) is 18.3 Å². The first kappa shape index (κ1) is 12.6. The number of nitrogens with zero attached hydrogens (tertiary/aromatic N) is 1. The Balaban J connectivity index is 1.97. The maximum atomic E-state index is 12.1. The Morgan fingerprint density at radius 1 is 1.39 bits per heavy atom. The molecule has 1 saturated carbocycles. The van der Waals surface area contributed by atoms with Gasteiger partial charge in [-0.05, 0) is 36.5 Å². The average molecular weight is 242 g/mol. The summed E-state index contributed by atoms with van der Waals surface area (Å²) in [6.07, 6.45) is 3.72. The molecule has 1 aromatic carbocycles. The highest BCUT2D eigenvalue weighted by Gasteiger charge is 2.29. The standard InChI is InChI=1S/C15H18N2O/c1-11-3-2-4-14(11)15(18)17-13-7-5-12(6-8-13)9-10-16/h5-8,11,14H,2-4,9H2,1H3,(H,17,18). The fourth-order valence-electron chi connectivity index (χ4n) is 2.57. The highest BCUT2D eigenvalue weighted by atomic mass is 16.1. The first-order valence-corrected chi connectivity index (χ1v) is 6.47. The van der Waals surface area contributed by atoms with E-state index in [0.29, 0.717) is 12.3 Å². The van der Waals surface area contributed by atoms with Crippen LogP contribution in [0, 0.1) is 23.2 Å². The molecule has 2 rings (SSSR count). The summed E-state index contributed by atoms with van der Waals surface area (Å²) in [5, 5.41) is 11.5. The van der Waals surface area contributed by atoms with Crippen LogP contribution in [-0.2, 0) is 11.2 Å². The summed E-state index contributed by atoms with van der Waals surface area (Å²) in [7, 11) is 0. The van der Waals surface area contributed by atoms with Crippen LogP contribution in [0.5, 0.6) is 0 Å². The van der Waals surface area contributed by atoms with E-state index in [1.54, 1.807) is 0 Å². The molecule has 0 radical (unpaired) electrons. The molecule has 1 aliphatic rings. The van der Waals surface area contributed by atoms with Crippen LogP contribution in [-0.4, -0.2) is 5.91 Å². The number of hydrogen-bond donors (Lipinski definition) is 1. The predicted octanol–water partition coefficient (Wildman–Crippen LogP) is 3.13. The van der Waals surface area contributed by atoms with Gasteiger partial charge in [-0.3, -0.25) is 4.79 Å². The Labute approximate surface area is 108 Å². The van der Waals surface area contributed by atoms with Gasteiger partial charge >= 0.3 is 0 Å². The van der Waals surface area contributed by atoms with Gasteiger partial charge in [0.05, 0.1) is 12.5 Å². The fraction of sp³-hybridized carbons (Fsp3) is 0.467. The van der Waals surface area contributed by atoms with Crippen molar-refractivity contribution in [1.82, 2.24) is 0 Å². The van der Waals surface area contributed by atoms with Gasteiger partial charge in [-0.25, -0.2) is 0 Å². The van der Waals surface area contributed by atoms with E-state index in [1.165, 1.54) is 0 Å². The van der Waals surface area contributed by atoms with Crippen molar-refractivity contribution in [1.29, 1.82) is 5.26 Å². The van der Waals surface area contributed by atoms with Crippen molar-refractivity contribution in [3.63, 3.8) is 0 Å². The van der Waals surface area contributed by atoms with Crippen molar-refractivity contribution in [3.05, 3.63) is 29.8 Å². The molecule has 0 heterocycles. The van der Waals surface area contributed by atoms with Crippen LogP contribution in [0.1, 0.15) is 31.7 Å². The monoisotopic (exact) mass is 242 g/mol. The molecule has 0 saturated heterocycles. The van der Waals surface area contributed by atoms with Crippen LogP contribution in [0.2, 0.25) is 0 Å². The molecule has 94 valence electrons. The van der Waals surface area contributed by atoms with Gasteiger partial charge in [-0.15, -0.1) is 0 Å². The summed E-state index contributed by atoms with van der Waals surface area (Å²) < 4.78 is 0. The molecular weight excluding hydrogens is 224 g/mol. The summed E-state index contributed by atoms with van der Waals surface area (Å²) in [6.45, 7) is 2.15. The topological polar surface area (TPSA) is 52.9 Å². The molecule has 1 aromatic rings. The molecular formula is C15H18N2O. The molecule has 2 unspecified atom stereocenters. The van der Waals surface area contributed by atoms with Crippen molar-refractivity contribution in [3.8, 4) is 6.07 Å². The molecule has 1 fully saturated rings. The molecule has 0 bridgehead atoms. The molecule has 2 atom stereocenters. The minimum absolute atomic E-state index is 0.132. The van der Waals surface area contributed by atoms with Gasteiger partial charge in [0.25, 0.3) is 0 Å². The maximum Gasteiger partial charge on any atom is 0.227 e. The third-order valence-electron chi connectivity index (χ3n) is 3.70. The zero-order chi connectivity index (χ0) is 13.0. The summed E-state index contributed by atoms with van der Waals surface area (Å²) >= 11 is 0. The molecule has 1 aliphatic carbocycles. The third-order valence-corrected chi connectivity index (χ3v) is 3.70. The SMILES string of the molecule is CC1CCCC1C(=O)Nc1ccc(CC#N)cc1. The van der Waals surface area contributed by atoms with E-state index in [9.17, 15) is 4.79 Å². The number of amides is 1. The molecule has 3 nitrogen and oxygen atoms in total. The lowest BCUT2D eigenvalue weighted by Crippen LogP contribution is -2.24. The average Bonchev–Trinajstić information content (AvgIpc) is 2.78.